The summed E-state index contributed by atoms with van der Waals surface area (Å²) >= 11 is 0. The highest BCUT2D eigenvalue weighted by atomic mass is 16.5. The van der Waals surface area contributed by atoms with E-state index in [1.807, 2.05) is 30.3 Å². The Morgan fingerprint density at radius 1 is 0.676 bits per heavy atom. The lowest BCUT2D eigenvalue weighted by molar-refractivity contribution is -0.147. The first-order chi connectivity index (χ1) is 16.4. The molecule has 0 fully saturated rings. The number of carbonyl (C=O) groups is 4. The van der Waals surface area contributed by atoms with Gasteiger partial charge in [0.15, 0.2) is 12.4 Å². The number of para-hydroxylation sites is 1. The molecule has 0 bridgehead atoms. The molecule has 2 amide bonds. The molecule has 0 saturated carbocycles. The van der Waals surface area contributed by atoms with Crippen LogP contribution in [0.1, 0.15) is 30.1 Å². The smallest absolute Gasteiger partial charge is 0.306 e. The normalized spacial score (nSPS) is 10.1. The number of ketones is 1. The zero-order valence-corrected chi connectivity index (χ0v) is 18.6. The molecule has 3 aromatic rings. The van der Waals surface area contributed by atoms with E-state index in [-0.39, 0.29) is 24.5 Å². The number of rotatable bonds is 10. The van der Waals surface area contributed by atoms with Crippen LogP contribution in [-0.4, -0.2) is 30.2 Å². The summed E-state index contributed by atoms with van der Waals surface area (Å²) in [5.74, 6) is -0.290. The molecule has 0 heterocycles. The molecule has 8 heteroatoms. The molecule has 34 heavy (non-hydrogen) atoms. The second-order valence-electron chi connectivity index (χ2n) is 7.33. The number of hydrogen-bond donors (Lipinski definition) is 2. The SMILES string of the molecule is CC(=O)c1ccc(NC(=O)COC(=O)CCC(=O)Nc2ccc(Oc3ccccc3)cc2)cc1. The average molecular weight is 460 g/mol. The largest absolute Gasteiger partial charge is 0.457 e. The number of ether oxygens (including phenoxy) is 2. The number of nitrogens with one attached hydrogen (secondary N) is 2. The average Bonchev–Trinajstić information content (AvgIpc) is 2.83. The van der Waals surface area contributed by atoms with Crippen molar-refractivity contribution in [1.29, 1.82) is 0 Å². The Morgan fingerprint density at radius 3 is 1.85 bits per heavy atom. The van der Waals surface area contributed by atoms with Crippen LogP contribution in [0.15, 0.2) is 78.9 Å². The van der Waals surface area contributed by atoms with Crippen LogP contribution in [-0.2, 0) is 19.1 Å². The van der Waals surface area contributed by atoms with Gasteiger partial charge >= 0.3 is 5.97 Å². The Bertz CT molecular complexity index is 1140. The zero-order valence-electron chi connectivity index (χ0n) is 18.6. The molecule has 3 aromatic carbocycles. The van der Waals surface area contributed by atoms with Gasteiger partial charge in [-0.15, -0.1) is 0 Å². The molecule has 0 spiro atoms. The number of benzene rings is 3. The van der Waals surface area contributed by atoms with E-state index in [9.17, 15) is 19.2 Å². The van der Waals surface area contributed by atoms with Gasteiger partial charge in [-0.1, -0.05) is 18.2 Å². The van der Waals surface area contributed by atoms with Crippen molar-refractivity contribution in [3.05, 3.63) is 84.4 Å². The van der Waals surface area contributed by atoms with Crippen LogP contribution >= 0.6 is 0 Å². The van der Waals surface area contributed by atoms with Crippen LogP contribution in [0.3, 0.4) is 0 Å². The van der Waals surface area contributed by atoms with Crippen LogP contribution in [0, 0.1) is 0 Å². The van der Waals surface area contributed by atoms with Crippen molar-refractivity contribution >= 4 is 34.9 Å². The summed E-state index contributed by atoms with van der Waals surface area (Å²) in [6, 6.07) is 22.5. The first-order valence-corrected chi connectivity index (χ1v) is 10.6. The maximum atomic E-state index is 12.1. The zero-order chi connectivity index (χ0) is 24.3. The Kier molecular flexibility index (Phi) is 8.51. The molecule has 0 aromatic heterocycles. The summed E-state index contributed by atoms with van der Waals surface area (Å²) < 4.78 is 10.6. The van der Waals surface area contributed by atoms with Gasteiger partial charge in [0.25, 0.3) is 5.91 Å². The number of carbonyl (C=O) groups excluding carboxylic acids is 4. The van der Waals surface area contributed by atoms with Crippen LogP contribution in [0.2, 0.25) is 0 Å². The highest BCUT2D eigenvalue weighted by molar-refractivity contribution is 5.96. The summed E-state index contributed by atoms with van der Waals surface area (Å²) in [6.07, 6.45) is -0.253. The minimum atomic E-state index is -0.663. The van der Waals surface area contributed by atoms with Crippen molar-refractivity contribution in [3.8, 4) is 11.5 Å². The summed E-state index contributed by atoms with van der Waals surface area (Å²) in [4.78, 5) is 47.1. The lowest BCUT2D eigenvalue weighted by atomic mass is 10.1. The number of anilines is 2. The Hall–Kier alpha value is -4.46. The van der Waals surface area contributed by atoms with Gasteiger partial charge in [0.1, 0.15) is 11.5 Å². The molecular formula is C26H24N2O6. The number of amides is 2. The molecule has 174 valence electrons. The van der Waals surface area contributed by atoms with E-state index in [1.165, 1.54) is 6.92 Å². The fraction of sp³-hybridized carbons (Fsp3) is 0.154. The predicted octanol–water partition coefficient (Wildman–Crippen LogP) is 4.58. The van der Waals surface area contributed by atoms with Crippen LogP contribution in [0.4, 0.5) is 11.4 Å². The van der Waals surface area contributed by atoms with Crippen molar-refractivity contribution in [2.45, 2.75) is 19.8 Å². The summed E-state index contributed by atoms with van der Waals surface area (Å²) in [5.41, 5.74) is 1.57. The monoisotopic (exact) mass is 460 g/mol. The summed E-state index contributed by atoms with van der Waals surface area (Å²) in [6.45, 7) is 0.975. The van der Waals surface area contributed by atoms with E-state index in [4.69, 9.17) is 9.47 Å². The highest BCUT2D eigenvalue weighted by Crippen LogP contribution is 2.22. The van der Waals surface area contributed by atoms with E-state index in [1.54, 1.807) is 48.5 Å². The molecule has 0 aliphatic carbocycles. The molecule has 0 atom stereocenters. The molecule has 0 aliphatic rings. The Labute approximate surface area is 196 Å². The lowest BCUT2D eigenvalue weighted by Gasteiger charge is -2.09. The minimum Gasteiger partial charge on any atom is -0.457 e. The van der Waals surface area contributed by atoms with Gasteiger partial charge in [0, 0.05) is 23.4 Å². The first kappa shape index (κ1) is 24.2. The van der Waals surface area contributed by atoms with E-state index in [0.29, 0.717) is 28.4 Å². The van der Waals surface area contributed by atoms with Crippen LogP contribution < -0.4 is 15.4 Å². The second kappa shape index (κ2) is 12.0. The van der Waals surface area contributed by atoms with Gasteiger partial charge in [-0.05, 0) is 67.6 Å². The van der Waals surface area contributed by atoms with Gasteiger partial charge in [0.2, 0.25) is 5.91 Å². The third kappa shape index (κ3) is 7.90. The first-order valence-electron chi connectivity index (χ1n) is 10.6. The fourth-order valence-corrected chi connectivity index (χ4v) is 2.87. The fourth-order valence-electron chi connectivity index (χ4n) is 2.87. The summed E-state index contributed by atoms with van der Waals surface area (Å²) in [7, 11) is 0. The number of hydrogen-bond acceptors (Lipinski definition) is 6. The molecule has 0 saturated heterocycles. The standard InChI is InChI=1S/C26H24N2O6/c1-18(29)19-7-9-20(10-8-19)28-25(31)17-33-26(32)16-15-24(30)27-21-11-13-23(14-12-21)34-22-5-3-2-4-6-22/h2-14H,15-17H2,1H3,(H,27,30)(H,28,31). The maximum Gasteiger partial charge on any atom is 0.306 e. The molecule has 0 aliphatic heterocycles. The van der Waals surface area contributed by atoms with Gasteiger partial charge in [-0.25, -0.2) is 0 Å². The molecule has 0 radical (unpaired) electrons. The Balaban J connectivity index is 1.35. The number of esters is 1. The molecule has 2 N–H and O–H groups in total. The van der Waals surface area contributed by atoms with Gasteiger partial charge in [-0.3, -0.25) is 19.2 Å². The van der Waals surface area contributed by atoms with E-state index >= 15 is 0 Å². The second-order valence-corrected chi connectivity index (χ2v) is 7.33. The van der Waals surface area contributed by atoms with Crippen molar-refractivity contribution < 1.29 is 28.7 Å². The third-order valence-electron chi connectivity index (χ3n) is 4.61. The van der Waals surface area contributed by atoms with E-state index < -0.39 is 18.5 Å². The van der Waals surface area contributed by atoms with Crippen molar-refractivity contribution in [1.82, 2.24) is 0 Å². The highest BCUT2D eigenvalue weighted by Gasteiger charge is 2.11. The third-order valence-corrected chi connectivity index (χ3v) is 4.61. The molecule has 8 nitrogen and oxygen atoms in total. The van der Waals surface area contributed by atoms with Gasteiger partial charge in [-0.2, -0.15) is 0 Å². The quantitative estimate of drug-likeness (QED) is 0.338. The molecule has 0 unspecified atom stereocenters. The van der Waals surface area contributed by atoms with Crippen molar-refractivity contribution in [2.24, 2.45) is 0 Å². The Morgan fingerprint density at radius 2 is 1.24 bits per heavy atom. The van der Waals surface area contributed by atoms with Crippen LogP contribution in [0.25, 0.3) is 0 Å². The summed E-state index contributed by atoms with van der Waals surface area (Å²) in [5, 5.41) is 5.26. The van der Waals surface area contributed by atoms with E-state index in [0.717, 1.165) is 0 Å². The lowest BCUT2D eigenvalue weighted by Crippen LogP contribution is -2.21. The maximum absolute atomic E-state index is 12.1. The molecular weight excluding hydrogens is 436 g/mol. The van der Waals surface area contributed by atoms with Crippen molar-refractivity contribution in [3.63, 3.8) is 0 Å². The van der Waals surface area contributed by atoms with E-state index in [2.05, 4.69) is 10.6 Å². The minimum absolute atomic E-state index is 0.0788. The van der Waals surface area contributed by atoms with Gasteiger partial charge in [0.05, 0.1) is 6.42 Å². The van der Waals surface area contributed by atoms with Crippen molar-refractivity contribution in [2.75, 3.05) is 17.2 Å². The predicted molar refractivity (Wildman–Crippen MR) is 127 cm³/mol. The number of Topliss-reactive ketones (excluding diaryl/α,β-unsaturated/α-hetero) is 1. The molecule has 3 rings (SSSR count). The van der Waals surface area contributed by atoms with Crippen LogP contribution in [0.5, 0.6) is 11.5 Å². The topological polar surface area (TPSA) is 111 Å². The van der Waals surface area contributed by atoms with Gasteiger partial charge < -0.3 is 20.1 Å².